The van der Waals surface area contributed by atoms with Gasteiger partial charge in [0.05, 0.1) is 11.6 Å². The molecule has 1 atom stereocenters. The number of rotatable bonds is 2. The van der Waals surface area contributed by atoms with Crippen LogP contribution in [0.15, 0.2) is 42.7 Å². The van der Waals surface area contributed by atoms with Crippen LogP contribution in [0.25, 0.3) is 0 Å². The predicted molar refractivity (Wildman–Crippen MR) is 66.4 cm³/mol. The maximum atomic E-state index is 12.9. The Hall–Kier alpha value is -1.88. The normalized spacial score (nSPS) is 13.3. The lowest BCUT2D eigenvalue weighted by Crippen LogP contribution is -2.18. The lowest BCUT2D eigenvalue weighted by molar-refractivity contribution is -0.138. The van der Waals surface area contributed by atoms with Gasteiger partial charge in [0.1, 0.15) is 0 Å². The van der Waals surface area contributed by atoms with Crippen molar-refractivity contribution in [3.63, 3.8) is 0 Å². The molecule has 0 aliphatic carbocycles. The molecule has 0 saturated carbocycles. The van der Waals surface area contributed by atoms with Gasteiger partial charge in [-0.2, -0.15) is 13.2 Å². The quantitative estimate of drug-likeness (QED) is 0.904. The number of nitrogens with zero attached hydrogens (tertiary/aromatic N) is 1. The van der Waals surface area contributed by atoms with E-state index in [2.05, 4.69) is 4.98 Å². The molecule has 100 valence electrons. The maximum absolute atomic E-state index is 12.9. The molecule has 0 saturated heterocycles. The van der Waals surface area contributed by atoms with E-state index in [9.17, 15) is 13.2 Å². The minimum atomic E-state index is -4.43. The molecule has 2 rings (SSSR count). The van der Waals surface area contributed by atoms with Gasteiger partial charge < -0.3 is 5.73 Å². The number of hydrogen-bond donors (Lipinski definition) is 1. The molecule has 2 N–H and O–H groups in total. The van der Waals surface area contributed by atoms with Crippen molar-refractivity contribution in [2.75, 3.05) is 0 Å². The van der Waals surface area contributed by atoms with Crippen LogP contribution in [0.5, 0.6) is 0 Å². The van der Waals surface area contributed by atoms with Crippen molar-refractivity contribution in [3.8, 4) is 0 Å². The van der Waals surface area contributed by atoms with Crippen molar-refractivity contribution >= 4 is 0 Å². The molecule has 0 amide bonds. The second-order valence-electron chi connectivity index (χ2n) is 4.35. The first-order valence-electron chi connectivity index (χ1n) is 5.73. The molecule has 1 heterocycles. The Balaban J connectivity index is 2.44. The highest BCUT2D eigenvalue weighted by Crippen LogP contribution is 2.35. The van der Waals surface area contributed by atoms with Crippen LogP contribution >= 0.6 is 0 Å². The number of pyridine rings is 1. The molecule has 0 aliphatic heterocycles. The molecule has 0 aliphatic rings. The van der Waals surface area contributed by atoms with Crippen LogP contribution < -0.4 is 5.73 Å². The van der Waals surface area contributed by atoms with Gasteiger partial charge in [0.25, 0.3) is 0 Å². The minimum absolute atomic E-state index is 0.0150. The van der Waals surface area contributed by atoms with Crippen molar-refractivity contribution in [1.82, 2.24) is 4.98 Å². The van der Waals surface area contributed by atoms with E-state index in [1.165, 1.54) is 6.20 Å². The van der Waals surface area contributed by atoms with Crippen LogP contribution in [-0.4, -0.2) is 4.98 Å². The summed E-state index contributed by atoms with van der Waals surface area (Å²) in [5, 5.41) is 0. The Kier molecular flexibility index (Phi) is 3.57. The van der Waals surface area contributed by atoms with Gasteiger partial charge in [0.15, 0.2) is 0 Å². The molecule has 2 aromatic rings. The van der Waals surface area contributed by atoms with Crippen LogP contribution in [0.4, 0.5) is 13.2 Å². The van der Waals surface area contributed by atoms with Gasteiger partial charge >= 0.3 is 6.18 Å². The Morgan fingerprint density at radius 2 is 1.74 bits per heavy atom. The van der Waals surface area contributed by atoms with Gasteiger partial charge in [-0.3, -0.25) is 4.98 Å². The Morgan fingerprint density at radius 1 is 1.11 bits per heavy atom. The molecule has 1 aromatic heterocycles. The highest BCUT2D eigenvalue weighted by Gasteiger charge is 2.34. The van der Waals surface area contributed by atoms with Crippen LogP contribution in [0.3, 0.4) is 0 Å². The highest BCUT2D eigenvalue weighted by molar-refractivity contribution is 5.37. The summed E-state index contributed by atoms with van der Waals surface area (Å²) >= 11 is 0. The largest absolute Gasteiger partial charge is 0.416 e. The van der Waals surface area contributed by atoms with Crippen molar-refractivity contribution in [3.05, 3.63) is 65.0 Å². The first-order chi connectivity index (χ1) is 8.89. The summed E-state index contributed by atoms with van der Waals surface area (Å²) in [4.78, 5) is 3.74. The third kappa shape index (κ3) is 2.93. The summed E-state index contributed by atoms with van der Waals surface area (Å²) in [6.45, 7) is 1.90. The van der Waals surface area contributed by atoms with Gasteiger partial charge in [-0.15, -0.1) is 0 Å². The lowest BCUT2D eigenvalue weighted by Gasteiger charge is -2.18. The smallest absolute Gasteiger partial charge is 0.320 e. The number of benzene rings is 1. The molecule has 0 fully saturated rings. The van der Waals surface area contributed by atoms with E-state index in [1.54, 1.807) is 12.1 Å². The zero-order valence-electron chi connectivity index (χ0n) is 10.3. The third-order valence-corrected chi connectivity index (χ3v) is 2.93. The summed E-state index contributed by atoms with van der Waals surface area (Å²) in [7, 11) is 0. The fourth-order valence-electron chi connectivity index (χ4n) is 1.87. The number of nitrogens with two attached hydrogens (primary N) is 1. The van der Waals surface area contributed by atoms with E-state index in [1.807, 2.05) is 19.1 Å². The summed E-state index contributed by atoms with van der Waals surface area (Å²) in [6.07, 6.45) is -2.14. The summed E-state index contributed by atoms with van der Waals surface area (Å²) < 4.78 is 38.7. The topological polar surface area (TPSA) is 38.9 Å². The van der Waals surface area contributed by atoms with E-state index in [4.69, 9.17) is 5.73 Å². The number of halogens is 3. The van der Waals surface area contributed by atoms with E-state index >= 15 is 0 Å². The molecule has 1 unspecified atom stereocenters. The number of hydrogen-bond acceptors (Lipinski definition) is 2. The number of alkyl halides is 3. The molecule has 19 heavy (non-hydrogen) atoms. The van der Waals surface area contributed by atoms with Crippen LogP contribution in [-0.2, 0) is 6.18 Å². The first-order valence-corrected chi connectivity index (χ1v) is 5.73. The molecule has 2 nitrogen and oxygen atoms in total. The number of aromatic nitrogens is 1. The Morgan fingerprint density at radius 3 is 2.32 bits per heavy atom. The van der Waals surface area contributed by atoms with Crippen molar-refractivity contribution in [2.45, 2.75) is 19.1 Å². The Labute approximate surface area is 109 Å². The average molecular weight is 266 g/mol. The molecular weight excluding hydrogens is 253 g/mol. The zero-order chi connectivity index (χ0) is 14.0. The van der Waals surface area contributed by atoms with Gasteiger partial charge in [0.2, 0.25) is 0 Å². The van der Waals surface area contributed by atoms with Crippen molar-refractivity contribution in [1.29, 1.82) is 0 Å². The number of aryl methyl sites for hydroxylation is 1. The monoisotopic (exact) mass is 266 g/mol. The highest BCUT2D eigenvalue weighted by atomic mass is 19.4. The molecular formula is C14H13F3N2. The van der Waals surface area contributed by atoms with E-state index < -0.39 is 17.8 Å². The van der Waals surface area contributed by atoms with Crippen molar-refractivity contribution < 1.29 is 13.2 Å². The van der Waals surface area contributed by atoms with E-state index in [0.29, 0.717) is 5.56 Å². The van der Waals surface area contributed by atoms with Crippen LogP contribution in [0.2, 0.25) is 0 Å². The lowest BCUT2D eigenvalue weighted by atomic mass is 9.96. The average Bonchev–Trinajstić information content (AvgIpc) is 2.38. The van der Waals surface area contributed by atoms with Crippen molar-refractivity contribution in [2.24, 2.45) is 5.73 Å². The maximum Gasteiger partial charge on any atom is 0.416 e. The summed E-state index contributed by atoms with van der Waals surface area (Å²) in [5.74, 6) is 0. The van der Waals surface area contributed by atoms with Crippen LogP contribution in [0, 0.1) is 6.92 Å². The molecule has 1 aromatic carbocycles. The van der Waals surface area contributed by atoms with Gasteiger partial charge in [-0.05, 0) is 18.6 Å². The van der Waals surface area contributed by atoms with Crippen LogP contribution in [0.1, 0.15) is 28.3 Å². The molecule has 0 radical (unpaired) electrons. The molecule has 0 bridgehead atoms. The summed E-state index contributed by atoms with van der Waals surface area (Å²) in [6, 6.07) is 7.20. The second-order valence-corrected chi connectivity index (χ2v) is 4.35. The van der Waals surface area contributed by atoms with Gasteiger partial charge in [-0.1, -0.05) is 29.8 Å². The SMILES string of the molecule is Cc1ccc(C(N)c2cnccc2C(F)(F)F)cc1. The van der Waals surface area contributed by atoms with Gasteiger partial charge in [-0.25, -0.2) is 0 Å². The standard InChI is InChI=1S/C14H13F3N2/c1-9-2-4-10(5-3-9)13(18)11-8-19-7-6-12(11)14(15,16)17/h2-8,13H,18H2,1H3. The first kappa shape index (κ1) is 13.5. The van der Waals surface area contributed by atoms with E-state index in [0.717, 1.165) is 17.8 Å². The Bertz CT molecular complexity index is 562. The molecule has 0 spiro atoms. The predicted octanol–water partition coefficient (Wildman–Crippen LogP) is 3.46. The fraction of sp³-hybridized carbons (Fsp3) is 0.214. The minimum Gasteiger partial charge on any atom is -0.320 e. The summed E-state index contributed by atoms with van der Waals surface area (Å²) in [5.41, 5.74) is 6.82. The van der Waals surface area contributed by atoms with Gasteiger partial charge in [0, 0.05) is 18.0 Å². The third-order valence-electron chi connectivity index (χ3n) is 2.93. The van der Waals surface area contributed by atoms with E-state index in [-0.39, 0.29) is 5.56 Å². The molecule has 5 heteroatoms. The zero-order valence-corrected chi connectivity index (χ0v) is 10.3. The second kappa shape index (κ2) is 5.01. The fourth-order valence-corrected chi connectivity index (χ4v) is 1.87.